The van der Waals surface area contributed by atoms with E-state index in [9.17, 15) is 22.8 Å². The molecular formula is C23H24N4O6S. The van der Waals surface area contributed by atoms with Crippen molar-refractivity contribution >= 4 is 33.5 Å². The second-order valence-corrected chi connectivity index (χ2v) is 10.0. The molecule has 2 fully saturated rings. The summed E-state index contributed by atoms with van der Waals surface area (Å²) in [6.07, 6.45) is -0.278. The highest BCUT2D eigenvalue weighted by Crippen LogP contribution is 2.32. The van der Waals surface area contributed by atoms with Gasteiger partial charge in [-0.05, 0) is 42.3 Å². The maximum atomic E-state index is 13.0. The van der Waals surface area contributed by atoms with E-state index in [-0.39, 0.29) is 29.7 Å². The van der Waals surface area contributed by atoms with Crippen LogP contribution in [0.1, 0.15) is 28.8 Å². The molecule has 0 radical (unpaired) electrons. The van der Waals surface area contributed by atoms with Crippen LogP contribution in [-0.2, 0) is 30.4 Å². The van der Waals surface area contributed by atoms with Gasteiger partial charge in [0.1, 0.15) is 6.04 Å². The molecule has 0 bridgehead atoms. The number of fused-ring (bicyclic) bond motifs is 1. The third kappa shape index (κ3) is 4.17. The molecule has 2 N–H and O–H groups in total. The molecule has 3 heterocycles. The lowest BCUT2D eigenvalue weighted by Crippen LogP contribution is -2.53. The number of imide groups is 1. The molecular weight excluding hydrogens is 460 g/mol. The third-order valence-corrected chi connectivity index (χ3v) is 7.63. The summed E-state index contributed by atoms with van der Waals surface area (Å²) in [4.78, 5) is 40.1. The molecule has 2 aromatic rings. The van der Waals surface area contributed by atoms with E-state index < -0.39 is 28.3 Å². The number of amides is 3. The monoisotopic (exact) mass is 484 g/mol. The maximum absolute atomic E-state index is 13.0. The molecule has 178 valence electrons. The standard InChI is InChI=1S/C23H24N4O6S/c28-20-9-8-19(22(29)25-20)27-14-15-12-16(6-7-18(15)23(27)30)26-11-10-24-13-21(26)33-34(31,32)17-4-2-1-3-5-17/h1-7,12,19,21,24H,8-11,13-14H2,(H,25,28,29)/t19-,21?/m1/s1. The summed E-state index contributed by atoms with van der Waals surface area (Å²) in [5.41, 5.74) is 1.97. The lowest BCUT2D eigenvalue weighted by Gasteiger charge is -2.37. The summed E-state index contributed by atoms with van der Waals surface area (Å²) < 4.78 is 31.2. The molecule has 3 amide bonds. The van der Waals surface area contributed by atoms with Gasteiger partial charge in [0, 0.05) is 43.9 Å². The summed E-state index contributed by atoms with van der Waals surface area (Å²) in [6.45, 7) is 1.71. The van der Waals surface area contributed by atoms with Gasteiger partial charge in [-0.2, -0.15) is 8.42 Å². The second kappa shape index (κ2) is 8.82. The van der Waals surface area contributed by atoms with E-state index in [0.29, 0.717) is 31.6 Å². The third-order valence-electron chi connectivity index (χ3n) is 6.30. The summed E-state index contributed by atoms with van der Waals surface area (Å²) in [5.74, 6) is -1.04. The zero-order chi connectivity index (χ0) is 23.9. The maximum Gasteiger partial charge on any atom is 0.299 e. The van der Waals surface area contributed by atoms with Gasteiger partial charge in [-0.1, -0.05) is 18.2 Å². The Morgan fingerprint density at radius 3 is 2.56 bits per heavy atom. The lowest BCUT2D eigenvalue weighted by atomic mass is 10.0. The first-order chi connectivity index (χ1) is 16.3. The molecule has 11 heteroatoms. The molecule has 3 aliphatic rings. The van der Waals surface area contributed by atoms with Crippen LogP contribution in [0.3, 0.4) is 0 Å². The summed E-state index contributed by atoms with van der Waals surface area (Å²) in [6, 6.07) is 12.6. The van der Waals surface area contributed by atoms with Crippen molar-refractivity contribution in [3.63, 3.8) is 0 Å². The van der Waals surface area contributed by atoms with Crippen LogP contribution in [0.25, 0.3) is 0 Å². The molecule has 2 aromatic carbocycles. The van der Waals surface area contributed by atoms with Crippen molar-refractivity contribution in [3.05, 3.63) is 59.7 Å². The fourth-order valence-corrected chi connectivity index (χ4v) is 5.65. The zero-order valence-electron chi connectivity index (χ0n) is 18.3. The van der Waals surface area contributed by atoms with E-state index in [1.807, 2.05) is 11.0 Å². The highest BCUT2D eigenvalue weighted by atomic mass is 32.2. The van der Waals surface area contributed by atoms with Crippen LogP contribution in [0.2, 0.25) is 0 Å². The molecule has 5 rings (SSSR count). The normalized spacial score (nSPS) is 23.1. The first kappa shape index (κ1) is 22.5. The van der Waals surface area contributed by atoms with Crippen molar-refractivity contribution in [2.75, 3.05) is 24.5 Å². The van der Waals surface area contributed by atoms with Gasteiger partial charge in [0.25, 0.3) is 16.0 Å². The Labute approximate surface area is 197 Å². The van der Waals surface area contributed by atoms with Gasteiger partial charge in [-0.25, -0.2) is 4.18 Å². The van der Waals surface area contributed by atoms with Crippen LogP contribution in [0.4, 0.5) is 5.69 Å². The van der Waals surface area contributed by atoms with Crippen molar-refractivity contribution in [2.24, 2.45) is 0 Å². The van der Waals surface area contributed by atoms with Crippen molar-refractivity contribution in [1.82, 2.24) is 15.5 Å². The fourth-order valence-electron chi connectivity index (χ4n) is 4.59. The SMILES string of the molecule is O=C1CC[C@@H](N2Cc3cc(N4CCNCC4OS(=O)(=O)c4ccccc4)ccc3C2=O)C(=O)N1. The quantitative estimate of drug-likeness (QED) is 0.467. The van der Waals surface area contributed by atoms with Crippen molar-refractivity contribution in [1.29, 1.82) is 0 Å². The number of hydrogen-bond donors (Lipinski definition) is 2. The minimum atomic E-state index is -3.97. The minimum Gasteiger partial charge on any atom is -0.343 e. The van der Waals surface area contributed by atoms with Crippen LogP contribution in [-0.4, -0.2) is 62.9 Å². The van der Waals surface area contributed by atoms with Crippen LogP contribution in [0, 0.1) is 0 Å². The molecule has 2 saturated heterocycles. The number of carbonyl (C=O) groups is 3. The predicted octanol–water partition coefficient (Wildman–Crippen LogP) is 0.589. The number of benzene rings is 2. The molecule has 0 saturated carbocycles. The molecule has 0 aromatic heterocycles. The van der Waals surface area contributed by atoms with E-state index in [1.165, 1.54) is 17.0 Å². The number of nitrogens with zero attached hydrogens (tertiary/aromatic N) is 2. The van der Waals surface area contributed by atoms with Crippen LogP contribution >= 0.6 is 0 Å². The molecule has 0 spiro atoms. The zero-order valence-corrected chi connectivity index (χ0v) is 19.1. The molecule has 2 atom stereocenters. The van der Waals surface area contributed by atoms with Gasteiger partial charge in [-0.3, -0.25) is 19.7 Å². The van der Waals surface area contributed by atoms with Gasteiger partial charge in [0.2, 0.25) is 11.8 Å². The number of carbonyl (C=O) groups excluding carboxylic acids is 3. The number of hydrogen-bond acceptors (Lipinski definition) is 8. The van der Waals surface area contributed by atoms with Gasteiger partial charge in [0.05, 0.1) is 4.90 Å². The predicted molar refractivity (Wildman–Crippen MR) is 121 cm³/mol. The molecule has 1 unspecified atom stereocenters. The minimum absolute atomic E-state index is 0.0833. The fraction of sp³-hybridized carbons (Fsp3) is 0.348. The highest BCUT2D eigenvalue weighted by Gasteiger charge is 2.39. The second-order valence-electron chi connectivity index (χ2n) is 8.46. The first-order valence-electron chi connectivity index (χ1n) is 11.1. The Morgan fingerprint density at radius 1 is 1.00 bits per heavy atom. The van der Waals surface area contributed by atoms with Crippen molar-refractivity contribution in [3.8, 4) is 0 Å². The Morgan fingerprint density at radius 2 is 1.79 bits per heavy atom. The molecule has 0 aliphatic carbocycles. The van der Waals surface area contributed by atoms with Crippen molar-refractivity contribution < 1.29 is 27.0 Å². The Hall–Kier alpha value is -3.28. The summed E-state index contributed by atoms with van der Waals surface area (Å²) in [5, 5.41) is 5.46. The van der Waals surface area contributed by atoms with E-state index in [1.54, 1.807) is 30.3 Å². The summed E-state index contributed by atoms with van der Waals surface area (Å²) >= 11 is 0. The van der Waals surface area contributed by atoms with E-state index in [4.69, 9.17) is 4.18 Å². The van der Waals surface area contributed by atoms with E-state index >= 15 is 0 Å². The van der Waals surface area contributed by atoms with E-state index in [0.717, 1.165) is 11.3 Å². The van der Waals surface area contributed by atoms with E-state index in [2.05, 4.69) is 10.6 Å². The highest BCUT2D eigenvalue weighted by molar-refractivity contribution is 7.86. The van der Waals surface area contributed by atoms with Gasteiger partial charge in [-0.15, -0.1) is 0 Å². The van der Waals surface area contributed by atoms with Crippen LogP contribution in [0.5, 0.6) is 0 Å². The molecule has 34 heavy (non-hydrogen) atoms. The number of anilines is 1. The number of nitrogens with one attached hydrogen (secondary N) is 2. The Bertz CT molecular complexity index is 1250. The van der Waals surface area contributed by atoms with Crippen molar-refractivity contribution in [2.45, 2.75) is 36.6 Å². The smallest absolute Gasteiger partial charge is 0.299 e. The van der Waals surface area contributed by atoms with Gasteiger partial charge in [0.15, 0.2) is 6.23 Å². The topological polar surface area (TPSA) is 125 Å². The van der Waals surface area contributed by atoms with Crippen LogP contribution < -0.4 is 15.5 Å². The Kier molecular flexibility index (Phi) is 5.84. The number of rotatable bonds is 5. The van der Waals surface area contributed by atoms with Gasteiger partial charge >= 0.3 is 0 Å². The van der Waals surface area contributed by atoms with Gasteiger partial charge < -0.3 is 15.1 Å². The van der Waals surface area contributed by atoms with Crippen LogP contribution in [0.15, 0.2) is 53.4 Å². The number of piperazine rings is 1. The average molecular weight is 485 g/mol. The summed E-state index contributed by atoms with van der Waals surface area (Å²) in [7, 11) is -3.97. The largest absolute Gasteiger partial charge is 0.343 e. The average Bonchev–Trinajstić information content (AvgIpc) is 3.15. The number of piperidine rings is 1. The first-order valence-corrected chi connectivity index (χ1v) is 12.5. The Balaban J connectivity index is 1.37. The molecule has 10 nitrogen and oxygen atoms in total. The molecule has 3 aliphatic heterocycles. The lowest BCUT2D eigenvalue weighted by molar-refractivity contribution is -0.136.